The molecule has 0 spiro atoms. The van der Waals surface area contributed by atoms with Gasteiger partial charge in [-0.25, -0.2) is 0 Å². The molecule has 0 saturated heterocycles. The van der Waals surface area contributed by atoms with Crippen molar-refractivity contribution >= 4 is 21.4 Å². The molecule has 0 saturated carbocycles. The first-order valence-corrected chi connectivity index (χ1v) is 4.03. The Bertz CT molecular complexity index is 422. The highest BCUT2D eigenvalue weighted by Crippen LogP contribution is 2.23. The fraction of sp³-hybridized carbons (Fsp3) is 0. The van der Waals surface area contributed by atoms with Gasteiger partial charge in [0.1, 0.15) is 6.07 Å². The van der Waals surface area contributed by atoms with Crippen LogP contribution in [0.4, 0.5) is 0 Å². The third kappa shape index (κ3) is 0.903. The molecule has 1 heterocycles. The molecule has 0 bridgehead atoms. The number of thiophene rings is 1. The summed E-state index contributed by atoms with van der Waals surface area (Å²) in [6, 6.07) is 9.95. The van der Waals surface area contributed by atoms with Crippen molar-refractivity contribution in [3.05, 3.63) is 35.2 Å². The lowest BCUT2D eigenvalue weighted by Gasteiger charge is -1.85. The van der Waals surface area contributed by atoms with Crippen molar-refractivity contribution in [2.75, 3.05) is 0 Å². The number of benzene rings is 1. The monoisotopic (exact) mass is 158 g/mol. The van der Waals surface area contributed by atoms with E-state index in [4.69, 9.17) is 5.26 Å². The lowest BCUT2D eigenvalue weighted by Crippen LogP contribution is -1.66. The van der Waals surface area contributed by atoms with Gasteiger partial charge in [0, 0.05) is 10.1 Å². The maximum Gasteiger partial charge on any atom is 0.101 e. The Labute approximate surface area is 68.5 Å². The molecule has 0 aliphatic carbocycles. The van der Waals surface area contributed by atoms with Crippen molar-refractivity contribution in [2.45, 2.75) is 0 Å². The fourth-order valence-corrected chi connectivity index (χ4v) is 1.80. The highest BCUT2D eigenvalue weighted by molar-refractivity contribution is 7.17. The van der Waals surface area contributed by atoms with Gasteiger partial charge in [-0.15, -0.1) is 11.3 Å². The van der Waals surface area contributed by atoms with Crippen LogP contribution in [-0.4, -0.2) is 0 Å². The van der Waals surface area contributed by atoms with E-state index in [2.05, 4.69) is 11.4 Å². The van der Waals surface area contributed by atoms with Crippen molar-refractivity contribution in [1.82, 2.24) is 0 Å². The summed E-state index contributed by atoms with van der Waals surface area (Å²) < 4.78 is 1.13. The van der Waals surface area contributed by atoms with Crippen molar-refractivity contribution in [3.8, 4) is 6.07 Å². The molecule has 11 heavy (non-hydrogen) atoms. The van der Waals surface area contributed by atoms with Gasteiger partial charge in [0.05, 0.1) is 10.9 Å². The smallest absolute Gasteiger partial charge is 0.101 e. The van der Waals surface area contributed by atoms with Gasteiger partial charge in [-0.05, 0) is 6.07 Å². The summed E-state index contributed by atoms with van der Waals surface area (Å²) in [5, 5.41) is 12.6. The Kier molecular flexibility index (Phi) is 1.38. The second-order valence-electron chi connectivity index (χ2n) is 2.19. The topological polar surface area (TPSA) is 23.8 Å². The first-order chi connectivity index (χ1) is 5.42. The van der Waals surface area contributed by atoms with E-state index in [-0.39, 0.29) is 0 Å². The lowest BCUT2D eigenvalue weighted by molar-refractivity contribution is 1.51. The predicted molar refractivity (Wildman–Crippen MR) is 45.4 cm³/mol. The summed E-state index contributed by atoms with van der Waals surface area (Å²) in [5.41, 5.74) is 0.658. The number of nitriles is 1. The predicted octanol–water partition coefficient (Wildman–Crippen LogP) is 2.57. The molecule has 0 aliphatic rings. The van der Waals surface area contributed by atoms with E-state index in [1.807, 2.05) is 24.3 Å². The Balaban J connectivity index is 2.89. The molecule has 1 radical (unpaired) electrons. The van der Waals surface area contributed by atoms with Gasteiger partial charge in [-0.1, -0.05) is 18.2 Å². The van der Waals surface area contributed by atoms with Crippen LogP contribution in [0.3, 0.4) is 0 Å². The van der Waals surface area contributed by atoms with E-state index in [1.165, 1.54) is 11.3 Å². The van der Waals surface area contributed by atoms with Crippen LogP contribution in [0.15, 0.2) is 24.3 Å². The highest BCUT2D eigenvalue weighted by atomic mass is 32.1. The maximum absolute atomic E-state index is 8.65. The summed E-state index contributed by atoms with van der Waals surface area (Å²) in [7, 11) is 0. The van der Waals surface area contributed by atoms with Gasteiger partial charge >= 0.3 is 0 Å². The number of fused-ring (bicyclic) bond motifs is 1. The summed E-state index contributed by atoms with van der Waals surface area (Å²) in [4.78, 5) is 0. The molecule has 0 unspecified atom stereocenters. The molecule has 2 aromatic rings. The van der Waals surface area contributed by atoms with Crippen molar-refractivity contribution in [2.24, 2.45) is 0 Å². The molecule has 0 fully saturated rings. The first-order valence-electron chi connectivity index (χ1n) is 3.21. The Morgan fingerprint density at radius 1 is 1.36 bits per heavy atom. The Morgan fingerprint density at radius 2 is 2.18 bits per heavy atom. The van der Waals surface area contributed by atoms with E-state index >= 15 is 0 Å². The van der Waals surface area contributed by atoms with E-state index in [0.717, 1.165) is 10.1 Å². The zero-order valence-corrected chi connectivity index (χ0v) is 6.48. The molecular formula is C9H4NS. The summed E-state index contributed by atoms with van der Waals surface area (Å²) in [5.74, 6) is 0. The van der Waals surface area contributed by atoms with E-state index < -0.39 is 0 Å². The van der Waals surface area contributed by atoms with E-state index in [1.54, 1.807) is 0 Å². The number of rotatable bonds is 0. The molecule has 1 aromatic carbocycles. The molecule has 0 N–H and O–H groups in total. The second kappa shape index (κ2) is 2.37. The van der Waals surface area contributed by atoms with Crippen LogP contribution in [0.25, 0.3) is 10.1 Å². The molecule has 1 aromatic heterocycles. The Morgan fingerprint density at radius 3 is 3.00 bits per heavy atom. The Hall–Kier alpha value is -1.33. The average Bonchev–Trinajstić information content (AvgIpc) is 2.47. The molecular weight excluding hydrogens is 154 g/mol. The largest absolute Gasteiger partial charge is 0.192 e. The molecule has 1 nitrogen and oxygen atoms in total. The van der Waals surface area contributed by atoms with Crippen LogP contribution in [-0.2, 0) is 0 Å². The molecule has 0 amide bonds. The minimum atomic E-state index is 0.658. The summed E-state index contributed by atoms with van der Waals surface area (Å²) in [6.07, 6.45) is 0. The third-order valence-electron chi connectivity index (χ3n) is 1.53. The van der Waals surface area contributed by atoms with Gasteiger partial charge in [-0.2, -0.15) is 5.26 Å². The van der Waals surface area contributed by atoms with Gasteiger partial charge in [0.15, 0.2) is 0 Å². The van der Waals surface area contributed by atoms with Crippen LogP contribution in [0.2, 0.25) is 0 Å². The van der Waals surface area contributed by atoms with E-state index in [9.17, 15) is 0 Å². The van der Waals surface area contributed by atoms with Gasteiger partial charge in [0.2, 0.25) is 0 Å². The highest BCUT2D eigenvalue weighted by Gasteiger charge is 2.00. The van der Waals surface area contributed by atoms with Crippen LogP contribution < -0.4 is 0 Å². The summed E-state index contributed by atoms with van der Waals surface area (Å²) in [6.45, 7) is 0. The summed E-state index contributed by atoms with van der Waals surface area (Å²) >= 11 is 1.49. The number of nitrogens with zero attached hydrogens (tertiary/aromatic N) is 1. The van der Waals surface area contributed by atoms with Crippen molar-refractivity contribution in [3.63, 3.8) is 0 Å². The number of hydrogen-bond acceptors (Lipinski definition) is 2. The molecule has 51 valence electrons. The normalized spacial score (nSPS) is 9.73. The zero-order chi connectivity index (χ0) is 7.68. The molecule has 2 rings (SSSR count). The van der Waals surface area contributed by atoms with Gasteiger partial charge < -0.3 is 0 Å². The first kappa shape index (κ1) is 6.38. The van der Waals surface area contributed by atoms with Gasteiger partial charge in [-0.3, -0.25) is 0 Å². The zero-order valence-electron chi connectivity index (χ0n) is 5.66. The van der Waals surface area contributed by atoms with Crippen LogP contribution in [0.5, 0.6) is 0 Å². The SMILES string of the molecule is N#Cc1[c]sc2ccccc12. The van der Waals surface area contributed by atoms with Crippen molar-refractivity contribution in [1.29, 1.82) is 5.26 Å². The second-order valence-corrected chi connectivity index (χ2v) is 3.04. The standard InChI is InChI=1S/C9H4NS/c10-5-7-6-11-9-4-2-1-3-8(7)9/h1-4H. The van der Waals surface area contributed by atoms with E-state index in [0.29, 0.717) is 5.56 Å². The molecule has 0 aliphatic heterocycles. The number of hydrogen-bond donors (Lipinski definition) is 0. The lowest BCUT2D eigenvalue weighted by atomic mass is 10.2. The van der Waals surface area contributed by atoms with Crippen LogP contribution >= 0.6 is 11.3 Å². The fourth-order valence-electron chi connectivity index (χ4n) is 1.01. The van der Waals surface area contributed by atoms with Crippen LogP contribution in [0.1, 0.15) is 5.56 Å². The molecule has 0 atom stereocenters. The molecule has 2 heteroatoms. The third-order valence-corrected chi connectivity index (χ3v) is 2.41. The van der Waals surface area contributed by atoms with Gasteiger partial charge in [0.25, 0.3) is 0 Å². The maximum atomic E-state index is 8.65. The van der Waals surface area contributed by atoms with Crippen LogP contribution in [0, 0.1) is 16.7 Å². The quantitative estimate of drug-likeness (QED) is 0.578. The van der Waals surface area contributed by atoms with Crippen molar-refractivity contribution < 1.29 is 0 Å². The average molecular weight is 158 g/mol. The minimum Gasteiger partial charge on any atom is -0.192 e. The minimum absolute atomic E-state index is 0.658.